The normalized spacial score (nSPS) is 10.4. The largest absolute Gasteiger partial charge is 0.372 e. The number of nitrogens with zero attached hydrogens (tertiary/aromatic N) is 2. The molecule has 3 aromatic rings. The SMILES string of the molecule is CCN(CC)c1ccc(NC(=O)c2cncc(Nc3cccc(Cl)c3)c2)cc1. The second-order valence-corrected chi connectivity index (χ2v) is 6.71. The van der Waals surface area contributed by atoms with Crippen molar-refractivity contribution in [3.8, 4) is 0 Å². The van der Waals surface area contributed by atoms with E-state index < -0.39 is 0 Å². The van der Waals surface area contributed by atoms with Gasteiger partial charge in [0.15, 0.2) is 0 Å². The summed E-state index contributed by atoms with van der Waals surface area (Å²) in [6, 6.07) is 17.0. The minimum absolute atomic E-state index is 0.210. The van der Waals surface area contributed by atoms with Crippen molar-refractivity contribution >= 4 is 40.3 Å². The van der Waals surface area contributed by atoms with Gasteiger partial charge in [-0.2, -0.15) is 0 Å². The lowest BCUT2D eigenvalue weighted by atomic mass is 10.2. The molecular formula is C22H23ClN4O. The number of pyridine rings is 1. The van der Waals surface area contributed by atoms with Crippen LogP contribution in [0.2, 0.25) is 5.02 Å². The Morgan fingerprint density at radius 2 is 1.71 bits per heavy atom. The fourth-order valence-corrected chi connectivity index (χ4v) is 3.10. The molecule has 0 unspecified atom stereocenters. The molecule has 0 saturated carbocycles. The third kappa shape index (κ3) is 5.02. The van der Waals surface area contributed by atoms with Gasteiger partial charge in [-0.05, 0) is 62.4 Å². The van der Waals surface area contributed by atoms with Crippen LogP contribution in [0.1, 0.15) is 24.2 Å². The molecule has 0 saturated heterocycles. The second kappa shape index (κ2) is 9.24. The van der Waals surface area contributed by atoms with Gasteiger partial charge in [-0.3, -0.25) is 9.78 Å². The molecule has 0 aliphatic heterocycles. The molecular weight excluding hydrogens is 372 g/mol. The molecule has 5 nitrogen and oxygen atoms in total. The number of halogens is 1. The van der Waals surface area contributed by atoms with Crippen molar-refractivity contribution in [2.75, 3.05) is 28.6 Å². The van der Waals surface area contributed by atoms with Crippen LogP contribution < -0.4 is 15.5 Å². The number of hydrogen-bond acceptors (Lipinski definition) is 4. The minimum atomic E-state index is -0.210. The summed E-state index contributed by atoms with van der Waals surface area (Å²) in [7, 11) is 0. The van der Waals surface area contributed by atoms with E-state index in [2.05, 4.69) is 34.4 Å². The van der Waals surface area contributed by atoms with Crippen molar-refractivity contribution in [2.24, 2.45) is 0 Å². The van der Waals surface area contributed by atoms with Gasteiger partial charge in [-0.15, -0.1) is 0 Å². The lowest BCUT2D eigenvalue weighted by Gasteiger charge is -2.21. The van der Waals surface area contributed by atoms with Crippen LogP contribution in [-0.2, 0) is 0 Å². The van der Waals surface area contributed by atoms with Crippen LogP contribution in [0.5, 0.6) is 0 Å². The number of carbonyl (C=O) groups is 1. The average molecular weight is 395 g/mol. The number of benzene rings is 2. The Balaban J connectivity index is 1.69. The van der Waals surface area contributed by atoms with Gasteiger partial charge < -0.3 is 15.5 Å². The van der Waals surface area contributed by atoms with Crippen molar-refractivity contribution in [1.29, 1.82) is 0 Å². The van der Waals surface area contributed by atoms with Crippen molar-refractivity contribution in [1.82, 2.24) is 4.98 Å². The number of amides is 1. The summed E-state index contributed by atoms with van der Waals surface area (Å²) in [4.78, 5) is 19.0. The van der Waals surface area contributed by atoms with E-state index in [1.165, 1.54) is 0 Å². The molecule has 2 N–H and O–H groups in total. The van der Waals surface area contributed by atoms with Crippen molar-refractivity contribution < 1.29 is 4.79 Å². The number of hydrogen-bond donors (Lipinski definition) is 2. The van der Waals surface area contributed by atoms with Crippen LogP contribution in [0, 0.1) is 0 Å². The Labute approximate surface area is 170 Å². The summed E-state index contributed by atoms with van der Waals surface area (Å²) in [6.07, 6.45) is 3.21. The zero-order valence-corrected chi connectivity index (χ0v) is 16.7. The number of aromatic nitrogens is 1. The van der Waals surface area contributed by atoms with Crippen molar-refractivity contribution in [3.63, 3.8) is 0 Å². The van der Waals surface area contributed by atoms with E-state index in [1.807, 2.05) is 42.5 Å². The van der Waals surface area contributed by atoms with Crippen LogP contribution in [0.25, 0.3) is 0 Å². The summed E-state index contributed by atoms with van der Waals surface area (Å²) in [6.45, 7) is 6.13. The lowest BCUT2D eigenvalue weighted by Crippen LogP contribution is -2.21. The van der Waals surface area contributed by atoms with Gasteiger partial charge in [0, 0.05) is 41.4 Å². The number of anilines is 4. The monoisotopic (exact) mass is 394 g/mol. The maximum atomic E-state index is 12.6. The summed E-state index contributed by atoms with van der Waals surface area (Å²) >= 11 is 6.01. The molecule has 0 radical (unpaired) electrons. The predicted octanol–water partition coefficient (Wildman–Crippen LogP) is 5.58. The second-order valence-electron chi connectivity index (χ2n) is 6.27. The highest BCUT2D eigenvalue weighted by Gasteiger charge is 2.09. The van der Waals surface area contributed by atoms with Crippen LogP contribution in [0.15, 0.2) is 67.0 Å². The number of nitrogens with one attached hydrogen (secondary N) is 2. The summed E-state index contributed by atoms with van der Waals surface area (Å²) in [5, 5.41) is 6.76. The zero-order valence-electron chi connectivity index (χ0n) is 15.9. The number of carbonyl (C=O) groups excluding carboxylic acids is 1. The van der Waals surface area contributed by atoms with Crippen molar-refractivity contribution in [3.05, 3.63) is 77.6 Å². The summed E-state index contributed by atoms with van der Waals surface area (Å²) in [5.41, 5.74) is 3.90. The molecule has 2 aromatic carbocycles. The van der Waals surface area contributed by atoms with E-state index in [-0.39, 0.29) is 5.91 Å². The first kappa shape index (κ1) is 19.7. The minimum Gasteiger partial charge on any atom is -0.372 e. The highest BCUT2D eigenvalue weighted by atomic mass is 35.5. The van der Waals surface area contributed by atoms with Crippen LogP contribution in [0.3, 0.4) is 0 Å². The molecule has 0 bridgehead atoms. The Hall–Kier alpha value is -3.05. The topological polar surface area (TPSA) is 57.3 Å². The molecule has 1 aromatic heterocycles. The Morgan fingerprint density at radius 3 is 2.39 bits per heavy atom. The quantitative estimate of drug-likeness (QED) is 0.549. The van der Waals surface area contributed by atoms with Gasteiger partial charge in [0.05, 0.1) is 17.4 Å². The van der Waals surface area contributed by atoms with Crippen LogP contribution in [0.4, 0.5) is 22.7 Å². The molecule has 144 valence electrons. The fourth-order valence-electron chi connectivity index (χ4n) is 2.91. The maximum absolute atomic E-state index is 12.6. The fraction of sp³-hybridized carbons (Fsp3) is 0.182. The first-order valence-corrected chi connectivity index (χ1v) is 9.61. The van der Waals surface area contributed by atoms with E-state index >= 15 is 0 Å². The van der Waals surface area contributed by atoms with E-state index in [0.29, 0.717) is 16.3 Å². The zero-order chi connectivity index (χ0) is 19.9. The predicted molar refractivity (Wildman–Crippen MR) is 117 cm³/mol. The van der Waals surface area contributed by atoms with Gasteiger partial charge in [-0.25, -0.2) is 0 Å². The molecule has 0 aliphatic rings. The first-order valence-electron chi connectivity index (χ1n) is 9.23. The summed E-state index contributed by atoms with van der Waals surface area (Å²) < 4.78 is 0. The molecule has 3 rings (SSSR count). The Morgan fingerprint density at radius 1 is 0.964 bits per heavy atom. The van der Waals surface area contributed by atoms with Gasteiger partial charge >= 0.3 is 0 Å². The Bertz CT molecular complexity index is 939. The van der Waals surface area contributed by atoms with Crippen LogP contribution >= 0.6 is 11.6 Å². The molecule has 0 aliphatic carbocycles. The van der Waals surface area contributed by atoms with Gasteiger partial charge in [0.1, 0.15) is 0 Å². The van der Waals surface area contributed by atoms with E-state index in [1.54, 1.807) is 24.5 Å². The third-order valence-electron chi connectivity index (χ3n) is 4.37. The average Bonchev–Trinajstić information content (AvgIpc) is 2.70. The summed E-state index contributed by atoms with van der Waals surface area (Å²) in [5.74, 6) is -0.210. The van der Waals surface area contributed by atoms with Crippen LogP contribution in [-0.4, -0.2) is 24.0 Å². The smallest absolute Gasteiger partial charge is 0.257 e. The Kier molecular flexibility index (Phi) is 6.50. The molecule has 0 fully saturated rings. The number of rotatable bonds is 7. The molecule has 6 heteroatoms. The molecule has 1 amide bonds. The van der Waals surface area contributed by atoms with Gasteiger partial charge in [-0.1, -0.05) is 17.7 Å². The van der Waals surface area contributed by atoms with E-state index in [4.69, 9.17) is 11.6 Å². The van der Waals surface area contributed by atoms with Gasteiger partial charge in [0.25, 0.3) is 5.91 Å². The van der Waals surface area contributed by atoms with Gasteiger partial charge in [0.2, 0.25) is 0 Å². The standard InChI is InChI=1S/C22H23ClN4O/c1-3-27(4-2)21-10-8-18(9-11-21)26-22(28)16-12-20(15-24-14-16)25-19-7-5-6-17(23)13-19/h5-15,25H,3-4H2,1-2H3,(H,26,28). The van der Waals surface area contributed by atoms with E-state index in [0.717, 1.165) is 30.2 Å². The maximum Gasteiger partial charge on any atom is 0.257 e. The highest BCUT2D eigenvalue weighted by molar-refractivity contribution is 6.30. The third-order valence-corrected chi connectivity index (χ3v) is 4.60. The molecule has 0 atom stereocenters. The lowest BCUT2D eigenvalue weighted by molar-refractivity contribution is 0.102. The highest BCUT2D eigenvalue weighted by Crippen LogP contribution is 2.21. The molecule has 1 heterocycles. The molecule has 0 spiro atoms. The van der Waals surface area contributed by atoms with E-state index in [9.17, 15) is 4.79 Å². The first-order chi connectivity index (χ1) is 13.6. The van der Waals surface area contributed by atoms with Crippen molar-refractivity contribution in [2.45, 2.75) is 13.8 Å². The molecule has 28 heavy (non-hydrogen) atoms.